The predicted octanol–water partition coefficient (Wildman–Crippen LogP) is 3.38. The monoisotopic (exact) mass is 340 g/mol. The lowest BCUT2D eigenvalue weighted by Crippen LogP contribution is -2.46. The topological polar surface area (TPSA) is 56.3 Å². The molecule has 1 amide bonds. The van der Waals surface area contributed by atoms with E-state index in [1.807, 2.05) is 18.2 Å². The van der Waals surface area contributed by atoms with E-state index in [0.29, 0.717) is 23.6 Å². The first-order valence-electron chi connectivity index (χ1n) is 7.93. The minimum absolute atomic E-state index is 0.0642. The quantitative estimate of drug-likeness (QED) is 0.751. The molecule has 0 radical (unpaired) electrons. The molecule has 1 atom stereocenters. The minimum Gasteiger partial charge on any atom is -0.394 e. The van der Waals surface area contributed by atoms with Gasteiger partial charge in [-0.15, -0.1) is 0 Å². The number of aliphatic hydroxyl groups is 1. The van der Waals surface area contributed by atoms with Gasteiger partial charge in [0.25, 0.3) is 5.91 Å². The van der Waals surface area contributed by atoms with Gasteiger partial charge in [-0.2, -0.15) is 0 Å². The lowest BCUT2D eigenvalue weighted by Gasteiger charge is -2.34. The number of aromatic nitrogens is 1. The molecule has 0 saturated carbocycles. The predicted molar refractivity (Wildman–Crippen MR) is 94.2 cm³/mol. The Morgan fingerprint density at radius 1 is 1.25 bits per heavy atom. The van der Waals surface area contributed by atoms with E-state index in [4.69, 9.17) is 11.6 Å². The summed E-state index contributed by atoms with van der Waals surface area (Å²) in [5, 5.41) is 11.5. The van der Waals surface area contributed by atoms with Crippen LogP contribution in [0.4, 0.5) is 0 Å². The van der Waals surface area contributed by atoms with Crippen molar-refractivity contribution in [2.24, 2.45) is 0 Å². The van der Waals surface area contributed by atoms with Crippen molar-refractivity contribution in [1.29, 1.82) is 0 Å². The van der Waals surface area contributed by atoms with E-state index >= 15 is 0 Å². The number of nitrogens with one attached hydrogen (secondary N) is 1. The first kappa shape index (κ1) is 15.2. The van der Waals surface area contributed by atoms with Crippen LogP contribution in [-0.4, -0.2) is 33.5 Å². The number of benzene rings is 2. The van der Waals surface area contributed by atoms with Gasteiger partial charge in [0.1, 0.15) is 0 Å². The molecular formula is C19H17ClN2O2. The van der Waals surface area contributed by atoms with Crippen LogP contribution in [0.1, 0.15) is 21.6 Å². The van der Waals surface area contributed by atoms with Crippen LogP contribution in [0.5, 0.6) is 0 Å². The number of rotatable bonds is 2. The average molecular weight is 341 g/mol. The Morgan fingerprint density at radius 3 is 2.88 bits per heavy atom. The number of H-pyrrole nitrogens is 1. The van der Waals surface area contributed by atoms with Gasteiger partial charge in [0.2, 0.25) is 0 Å². The lowest BCUT2D eigenvalue weighted by molar-refractivity contribution is 0.0541. The number of aromatic amines is 1. The van der Waals surface area contributed by atoms with Crippen LogP contribution in [0, 0.1) is 0 Å². The summed E-state index contributed by atoms with van der Waals surface area (Å²) >= 11 is 6.01. The Hall–Kier alpha value is -2.30. The number of hydrogen-bond donors (Lipinski definition) is 2. The van der Waals surface area contributed by atoms with Gasteiger partial charge in [-0.3, -0.25) is 4.79 Å². The number of para-hydroxylation sites is 1. The second-order valence-corrected chi connectivity index (χ2v) is 6.55. The summed E-state index contributed by atoms with van der Waals surface area (Å²) in [6, 6.07) is 14.8. The van der Waals surface area contributed by atoms with Gasteiger partial charge in [0, 0.05) is 27.2 Å². The number of carbonyl (C=O) groups excluding carboxylic acids is 1. The number of nitrogens with zero attached hydrogens (tertiary/aromatic N) is 1. The minimum atomic E-state index is -0.233. The molecule has 0 aliphatic carbocycles. The maximum Gasteiger partial charge on any atom is 0.254 e. The first-order valence-corrected chi connectivity index (χ1v) is 8.31. The fraction of sp³-hybridized carbons (Fsp3) is 0.211. The van der Waals surface area contributed by atoms with Crippen molar-refractivity contribution >= 4 is 28.4 Å². The highest BCUT2D eigenvalue weighted by Crippen LogP contribution is 2.31. The van der Waals surface area contributed by atoms with Crippen molar-refractivity contribution in [3.63, 3.8) is 0 Å². The van der Waals surface area contributed by atoms with Crippen molar-refractivity contribution in [2.45, 2.75) is 19.0 Å². The van der Waals surface area contributed by atoms with Crippen molar-refractivity contribution in [1.82, 2.24) is 9.88 Å². The molecule has 1 aliphatic rings. The van der Waals surface area contributed by atoms with Crippen LogP contribution in [0.25, 0.3) is 10.9 Å². The number of hydrogen-bond acceptors (Lipinski definition) is 2. The van der Waals surface area contributed by atoms with Crippen LogP contribution >= 0.6 is 11.6 Å². The molecule has 4 rings (SSSR count). The SMILES string of the molecule is O=C(c1cccc(Cl)c1)N1Cc2[nH]c3ccccc3c2CC1CO. The second-order valence-electron chi connectivity index (χ2n) is 6.11. The van der Waals surface area contributed by atoms with Gasteiger partial charge in [-0.1, -0.05) is 35.9 Å². The molecule has 1 aliphatic heterocycles. The standard InChI is InChI=1S/C19H17ClN2O2/c20-13-5-3-4-12(8-13)19(24)22-10-18-16(9-14(22)11-23)15-6-1-2-7-17(15)21-18/h1-8,14,21,23H,9-11H2. The van der Waals surface area contributed by atoms with Gasteiger partial charge < -0.3 is 15.0 Å². The van der Waals surface area contributed by atoms with Crippen molar-refractivity contribution < 1.29 is 9.90 Å². The fourth-order valence-corrected chi connectivity index (χ4v) is 3.65. The largest absolute Gasteiger partial charge is 0.394 e. The molecule has 5 heteroatoms. The zero-order valence-corrected chi connectivity index (χ0v) is 13.8. The molecule has 3 aromatic rings. The number of carbonyl (C=O) groups is 1. The van der Waals surface area contributed by atoms with Gasteiger partial charge in [-0.25, -0.2) is 0 Å². The lowest BCUT2D eigenvalue weighted by atomic mass is 9.96. The average Bonchev–Trinajstić information content (AvgIpc) is 2.97. The van der Waals surface area contributed by atoms with Gasteiger partial charge >= 0.3 is 0 Å². The number of fused-ring (bicyclic) bond motifs is 3. The molecule has 2 N–H and O–H groups in total. The molecule has 2 heterocycles. The Kier molecular flexibility index (Phi) is 3.79. The Balaban J connectivity index is 1.73. The van der Waals surface area contributed by atoms with Crippen molar-refractivity contribution in [3.05, 3.63) is 70.4 Å². The summed E-state index contributed by atoms with van der Waals surface area (Å²) in [6.45, 7) is 0.395. The summed E-state index contributed by atoms with van der Waals surface area (Å²) in [7, 11) is 0. The summed E-state index contributed by atoms with van der Waals surface area (Å²) in [4.78, 5) is 18.0. The van der Waals surface area contributed by atoms with E-state index in [2.05, 4.69) is 11.1 Å². The molecule has 0 spiro atoms. The molecule has 24 heavy (non-hydrogen) atoms. The van der Waals surface area contributed by atoms with Crippen LogP contribution < -0.4 is 0 Å². The molecule has 4 nitrogen and oxygen atoms in total. The van der Waals surface area contributed by atoms with Gasteiger partial charge in [0.15, 0.2) is 0 Å². The number of amides is 1. The highest BCUT2D eigenvalue weighted by Gasteiger charge is 2.32. The normalized spacial score (nSPS) is 17.1. The van der Waals surface area contributed by atoms with Gasteiger partial charge in [0.05, 0.1) is 19.2 Å². The molecule has 0 bridgehead atoms. The zero-order chi connectivity index (χ0) is 16.7. The van der Waals surface area contributed by atoms with Gasteiger partial charge in [-0.05, 0) is 36.2 Å². The highest BCUT2D eigenvalue weighted by molar-refractivity contribution is 6.30. The molecule has 1 aromatic heterocycles. The zero-order valence-electron chi connectivity index (χ0n) is 13.0. The summed E-state index contributed by atoms with van der Waals surface area (Å²) in [6.07, 6.45) is 0.641. The van der Waals surface area contributed by atoms with E-state index < -0.39 is 0 Å². The van der Waals surface area contributed by atoms with E-state index in [1.165, 1.54) is 10.9 Å². The molecule has 2 aromatic carbocycles. The van der Waals surface area contributed by atoms with Crippen LogP contribution in [0.3, 0.4) is 0 Å². The Labute approximate surface area is 144 Å². The molecule has 0 fully saturated rings. The van der Waals surface area contributed by atoms with E-state index in [0.717, 1.165) is 11.2 Å². The third kappa shape index (κ3) is 2.48. The Bertz CT molecular complexity index is 919. The summed E-state index contributed by atoms with van der Waals surface area (Å²) < 4.78 is 0. The smallest absolute Gasteiger partial charge is 0.254 e. The van der Waals surface area contributed by atoms with Crippen LogP contribution in [0.2, 0.25) is 5.02 Å². The molecule has 0 saturated heterocycles. The van der Waals surface area contributed by atoms with Crippen molar-refractivity contribution in [2.75, 3.05) is 6.61 Å². The third-order valence-electron chi connectivity index (χ3n) is 4.65. The van der Waals surface area contributed by atoms with E-state index in [9.17, 15) is 9.90 Å². The second kappa shape index (κ2) is 5.96. The highest BCUT2D eigenvalue weighted by atomic mass is 35.5. The number of aliphatic hydroxyl groups excluding tert-OH is 1. The first-order chi connectivity index (χ1) is 11.7. The Morgan fingerprint density at radius 2 is 2.08 bits per heavy atom. The van der Waals surface area contributed by atoms with Crippen LogP contribution in [-0.2, 0) is 13.0 Å². The maximum absolute atomic E-state index is 12.9. The molecule has 122 valence electrons. The summed E-state index contributed by atoms with van der Waals surface area (Å²) in [5.41, 5.74) is 3.84. The third-order valence-corrected chi connectivity index (χ3v) is 4.89. The fourth-order valence-electron chi connectivity index (χ4n) is 3.46. The van der Waals surface area contributed by atoms with Crippen LogP contribution in [0.15, 0.2) is 48.5 Å². The van der Waals surface area contributed by atoms with Crippen molar-refractivity contribution in [3.8, 4) is 0 Å². The van der Waals surface area contributed by atoms with E-state index in [-0.39, 0.29) is 18.6 Å². The maximum atomic E-state index is 12.9. The number of halogens is 1. The molecule has 1 unspecified atom stereocenters. The molecular weight excluding hydrogens is 324 g/mol. The van der Waals surface area contributed by atoms with E-state index in [1.54, 1.807) is 29.2 Å². The summed E-state index contributed by atoms with van der Waals surface area (Å²) in [5.74, 6) is -0.110.